The normalized spacial score (nSPS) is 13.7. The summed E-state index contributed by atoms with van der Waals surface area (Å²) in [7, 11) is 0. The molecule has 2 N–H and O–H groups in total. The number of hydrogen-bond donors (Lipinski definition) is 2. The van der Waals surface area contributed by atoms with Gasteiger partial charge in [0.1, 0.15) is 11.5 Å². The van der Waals surface area contributed by atoms with Gasteiger partial charge in [0.25, 0.3) is 0 Å². The molecule has 0 spiro atoms. The van der Waals surface area contributed by atoms with Crippen LogP contribution in [0.15, 0.2) is 241 Å². The lowest BCUT2D eigenvalue weighted by Crippen LogP contribution is -2.19. The number of fused-ring (bicyclic) bond motifs is 6. The molecular weight excluding hydrogens is 965 g/mol. The van der Waals surface area contributed by atoms with Gasteiger partial charge in [-0.1, -0.05) is 163 Å². The number of nitrogens with zero attached hydrogens (tertiary/aromatic N) is 4. The van der Waals surface area contributed by atoms with Crippen LogP contribution >= 0.6 is 0 Å². The first-order chi connectivity index (χ1) is 38.2. The highest BCUT2D eigenvalue weighted by atomic mass is 16.3. The number of hydrogen-bond acceptors (Lipinski definition) is 6. The Morgan fingerprint density at radius 2 is 0.646 bits per heavy atom. The van der Waals surface area contributed by atoms with Gasteiger partial charge >= 0.3 is 0 Å². The van der Waals surface area contributed by atoms with Gasteiger partial charge in [-0.2, -0.15) is 0 Å². The highest BCUT2D eigenvalue weighted by molar-refractivity contribution is 5.91. The minimum atomic E-state index is -0.272. The van der Waals surface area contributed by atoms with E-state index in [-0.39, 0.29) is 27.7 Å². The molecule has 0 atom stereocenters. The lowest BCUT2D eigenvalue weighted by molar-refractivity contribution is 0.396. The van der Waals surface area contributed by atoms with Gasteiger partial charge < -0.3 is 20.0 Å². The summed E-state index contributed by atoms with van der Waals surface area (Å²) in [6.45, 7) is 14.5. The summed E-state index contributed by atoms with van der Waals surface area (Å²) >= 11 is 0. The van der Waals surface area contributed by atoms with Crippen molar-refractivity contribution in [2.75, 3.05) is 22.9 Å². The maximum Gasteiger partial charge on any atom is 0.124 e. The van der Waals surface area contributed by atoms with Crippen LogP contribution in [0, 0.1) is 5.41 Å². The highest BCUT2D eigenvalue weighted by Crippen LogP contribution is 2.53. The maximum absolute atomic E-state index is 11.3. The van der Waals surface area contributed by atoms with E-state index in [1.807, 2.05) is 24.3 Å². The van der Waals surface area contributed by atoms with Gasteiger partial charge in [0.05, 0.1) is 0 Å². The quantitative estimate of drug-likeness (QED) is 0.106. The molecule has 0 radical (unpaired) electrons. The van der Waals surface area contributed by atoms with Crippen LogP contribution in [0.4, 0.5) is 34.1 Å². The first-order valence-corrected chi connectivity index (χ1v) is 27.3. The predicted octanol–water partition coefficient (Wildman–Crippen LogP) is 18.5. The molecule has 0 bridgehead atoms. The third kappa shape index (κ3) is 9.58. The molecule has 0 saturated heterocycles. The van der Waals surface area contributed by atoms with Crippen LogP contribution in [0.5, 0.6) is 11.5 Å². The molecular formula is C73H64N4O2. The van der Waals surface area contributed by atoms with Gasteiger partial charge in [-0.05, 0) is 176 Å². The maximum atomic E-state index is 11.3. The van der Waals surface area contributed by atoms with Gasteiger partial charge in [-0.3, -0.25) is 9.98 Å². The van der Waals surface area contributed by atoms with Crippen molar-refractivity contribution >= 4 is 46.6 Å². The first-order valence-electron chi connectivity index (χ1n) is 27.3. The number of aromatic hydroxyl groups is 2. The Kier molecular flexibility index (Phi) is 13.0. The van der Waals surface area contributed by atoms with Gasteiger partial charge in [-0.15, -0.1) is 0 Å². The summed E-state index contributed by atoms with van der Waals surface area (Å²) in [6.07, 6.45) is 3.51. The molecule has 6 heteroatoms. The van der Waals surface area contributed by atoms with E-state index in [4.69, 9.17) is 9.98 Å². The molecule has 0 heterocycles. The molecule has 0 saturated carbocycles. The second kappa shape index (κ2) is 20.3. The summed E-state index contributed by atoms with van der Waals surface area (Å²) in [4.78, 5) is 14.2. The summed E-state index contributed by atoms with van der Waals surface area (Å²) in [5.74, 6) is 0.367. The van der Waals surface area contributed by atoms with Crippen molar-refractivity contribution in [1.82, 2.24) is 0 Å². The molecule has 12 rings (SSSR count). The smallest absolute Gasteiger partial charge is 0.124 e. The summed E-state index contributed by atoms with van der Waals surface area (Å²) < 4.78 is 0. The zero-order valence-corrected chi connectivity index (χ0v) is 45.7. The molecule has 0 aliphatic heterocycles. The molecule has 388 valence electrons. The Bertz CT molecular complexity index is 3620. The van der Waals surface area contributed by atoms with Crippen molar-refractivity contribution < 1.29 is 10.2 Å². The fraction of sp³-hybridized carbons (Fsp3) is 0.151. The van der Waals surface area contributed by atoms with E-state index in [1.165, 1.54) is 44.5 Å². The summed E-state index contributed by atoms with van der Waals surface area (Å²) in [5.41, 5.74) is 21.3. The first kappa shape index (κ1) is 50.6. The van der Waals surface area contributed by atoms with E-state index in [1.54, 1.807) is 12.4 Å². The largest absolute Gasteiger partial charge is 0.507 e. The van der Waals surface area contributed by atoms with Crippen LogP contribution in [0.1, 0.15) is 74.9 Å². The van der Waals surface area contributed by atoms with Gasteiger partial charge in [0.15, 0.2) is 0 Å². The molecule has 0 fully saturated rings. The fourth-order valence-electron chi connectivity index (χ4n) is 11.8. The molecule has 79 heavy (non-hydrogen) atoms. The number of anilines is 6. The highest BCUT2D eigenvalue weighted by Gasteiger charge is 2.38. The molecule has 2 aliphatic rings. The second-order valence-electron chi connectivity index (χ2n) is 22.9. The number of aliphatic imine (C=N–C) groups is 2. The average molecular weight is 1030 g/mol. The molecule has 0 unspecified atom stereocenters. The zero-order chi connectivity index (χ0) is 54.5. The Labute approximate surface area is 465 Å². The minimum absolute atomic E-state index is 0.183. The number of phenols is 2. The van der Waals surface area contributed by atoms with Crippen molar-refractivity contribution in [3.05, 3.63) is 264 Å². The zero-order valence-electron chi connectivity index (χ0n) is 45.7. The molecule has 0 amide bonds. The molecule has 2 aliphatic carbocycles. The van der Waals surface area contributed by atoms with Crippen molar-refractivity contribution in [1.29, 1.82) is 0 Å². The van der Waals surface area contributed by atoms with Crippen LogP contribution in [0.3, 0.4) is 0 Å². The lowest BCUT2D eigenvalue weighted by atomic mass is 9.81. The number of rotatable bonds is 14. The molecule has 10 aromatic carbocycles. The Morgan fingerprint density at radius 3 is 0.975 bits per heavy atom. The van der Waals surface area contributed by atoms with E-state index in [9.17, 15) is 10.2 Å². The van der Waals surface area contributed by atoms with Crippen molar-refractivity contribution in [3.8, 4) is 56.0 Å². The van der Waals surface area contributed by atoms with E-state index >= 15 is 0 Å². The Morgan fingerprint density at radius 1 is 0.354 bits per heavy atom. The van der Waals surface area contributed by atoms with Crippen LogP contribution in [0.25, 0.3) is 44.5 Å². The molecule has 0 aromatic heterocycles. The van der Waals surface area contributed by atoms with Crippen molar-refractivity contribution in [2.45, 2.75) is 52.4 Å². The van der Waals surface area contributed by atoms with E-state index < -0.39 is 0 Å². The van der Waals surface area contributed by atoms with Gasteiger partial charge in [-0.25, -0.2) is 0 Å². The summed E-state index contributed by atoms with van der Waals surface area (Å²) in [6, 6.07) is 80.9. The van der Waals surface area contributed by atoms with Gasteiger partial charge in [0, 0.05) is 87.0 Å². The third-order valence-electron chi connectivity index (χ3n) is 16.1. The van der Waals surface area contributed by atoms with E-state index in [0.717, 1.165) is 56.4 Å². The van der Waals surface area contributed by atoms with Crippen LogP contribution in [0.2, 0.25) is 0 Å². The van der Waals surface area contributed by atoms with E-state index in [0.29, 0.717) is 24.2 Å². The third-order valence-corrected chi connectivity index (χ3v) is 16.1. The SMILES string of the molecule is CC(C)(C/N=C/c1ccc(-c2ccc3c(c2)C(C)(C)c2cc(N(c4ccccc4)c4ccccc4)ccc2-3)cc1O)C/N=C/c1ccc(-c2ccc3c(c2)C(C)(C)c2cc(N(c4ccccc4)c4ccccc4)ccc2-3)cc1O. The lowest BCUT2D eigenvalue weighted by Gasteiger charge is -2.28. The van der Waals surface area contributed by atoms with Crippen LogP contribution < -0.4 is 9.80 Å². The van der Waals surface area contributed by atoms with Crippen molar-refractivity contribution in [2.24, 2.45) is 15.4 Å². The topological polar surface area (TPSA) is 71.7 Å². The minimum Gasteiger partial charge on any atom is -0.507 e. The van der Waals surface area contributed by atoms with Crippen molar-refractivity contribution in [3.63, 3.8) is 0 Å². The molecule has 6 nitrogen and oxygen atoms in total. The van der Waals surface area contributed by atoms with Gasteiger partial charge in [0.2, 0.25) is 0 Å². The Balaban J connectivity index is 0.694. The predicted molar refractivity (Wildman–Crippen MR) is 330 cm³/mol. The summed E-state index contributed by atoms with van der Waals surface area (Å²) in [5, 5.41) is 22.7. The average Bonchev–Trinajstić information content (AvgIpc) is 4.10. The standard InChI is InChI=1S/C73H64N4O2/c1-71(2,47-74-45-53-29-27-51(41-69(53)78)49-31-35-61-63-37-33-59(43-67(63)72(3,4)65(61)39-49)76(55-19-11-7-12-20-55)56-21-13-8-14-22-56)48-75-46-54-30-28-52(42-70(54)79)50-32-36-62-64-38-34-60(44-68(64)73(5,6)66(62)40-50)77(57-23-15-9-16-24-57)58-25-17-10-18-26-58/h7-46,78-79H,47-48H2,1-6H3/b74-45+,75-46+. The van der Waals surface area contributed by atoms with Crippen LogP contribution in [-0.4, -0.2) is 35.7 Å². The second-order valence-corrected chi connectivity index (χ2v) is 22.9. The monoisotopic (exact) mass is 1030 g/mol. The van der Waals surface area contributed by atoms with E-state index in [2.05, 4.69) is 258 Å². The number of para-hydroxylation sites is 4. The molecule has 10 aromatic rings. The number of benzene rings is 10. The fourth-order valence-corrected chi connectivity index (χ4v) is 11.8. The number of phenolic OH excluding ortho intramolecular Hbond substituents is 2. The van der Waals surface area contributed by atoms with Crippen LogP contribution in [-0.2, 0) is 10.8 Å². The Hall–Kier alpha value is -9.26.